The van der Waals surface area contributed by atoms with Gasteiger partial charge in [-0.25, -0.2) is 4.39 Å². The molecule has 0 unspecified atom stereocenters. The Morgan fingerprint density at radius 3 is 2.95 bits per heavy atom. The summed E-state index contributed by atoms with van der Waals surface area (Å²) in [7, 11) is 0. The summed E-state index contributed by atoms with van der Waals surface area (Å²) in [5.74, 6) is -0.910. The minimum Gasteiger partial charge on any atom is -0.394 e. The van der Waals surface area contributed by atoms with E-state index in [1.807, 2.05) is 0 Å². The molecule has 0 aromatic heterocycles. The number of carbonyl (C=O) groups excluding carboxylic acids is 2. The molecule has 2 N–H and O–H groups in total. The van der Waals surface area contributed by atoms with Crippen molar-refractivity contribution in [2.45, 2.75) is 25.3 Å². The zero-order chi connectivity index (χ0) is 15.2. The summed E-state index contributed by atoms with van der Waals surface area (Å²) in [5, 5.41) is 11.7. The van der Waals surface area contributed by atoms with Crippen LogP contribution in [-0.4, -0.2) is 47.6 Å². The van der Waals surface area contributed by atoms with Gasteiger partial charge < -0.3 is 15.3 Å². The Bertz CT molecular complexity index is 521. The van der Waals surface area contributed by atoms with Crippen molar-refractivity contribution in [3.8, 4) is 0 Å². The number of rotatable bonds is 5. The zero-order valence-corrected chi connectivity index (χ0v) is 11.7. The molecule has 0 bridgehead atoms. The van der Waals surface area contributed by atoms with E-state index in [0.717, 1.165) is 12.8 Å². The summed E-state index contributed by atoms with van der Waals surface area (Å²) < 4.78 is 13.0. The van der Waals surface area contributed by atoms with Gasteiger partial charge in [0.15, 0.2) is 0 Å². The van der Waals surface area contributed by atoms with Crippen LogP contribution in [0.5, 0.6) is 0 Å². The standard InChI is InChI=1S/C15H19FN2O3/c16-12-4-1-3-11(7-12)8-14(20)17-9-15(21)18-6-2-5-13(18)10-19/h1,3-4,7,13,19H,2,5-6,8-10H2,(H,17,20)/t13-/m1/s1. The first-order chi connectivity index (χ1) is 10.1. The molecule has 1 fully saturated rings. The molecule has 1 aromatic rings. The average molecular weight is 294 g/mol. The van der Waals surface area contributed by atoms with Gasteiger partial charge in [0.1, 0.15) is 5.82 Å². The van der Waals surface area contributed by atoms with Gasteiger partial charge in [-0.2, -0.15) is 0 Å². The van der Waals surface area contributed by atoms with Gasteiger partial charge in [-0.15, -0.1) is 0 Å². The fraction of sp³-hybridized carbons (Fsp3) is 0.467. The quantitative estimate of drug-likeness (QED) is 0.829. The summed E-state index contributed by atoms with van der Waals surface area (Å²) in [5.41, 5.74) is 0.564. The summed E-state index contributed by atoms with van der Waals surface area (Å²) in [6, 6.07) is 5.67. The number of likely N-dealkylation sites (tertiary alicyclic amines) is 1. The molecule has 0 spiro atoms. The third kappa shape index (κ3) is 4.26. The number of carbonyl (C=O) groups is 2. The smallest absolute Gasteiger partial charge is 0.242 e. The molecular weight excluding hydrogens is 275 g/mol. The highest BCUT2D eigenvalue weighted by atomic mass is 19.1. The maximum atomic E-state index is 13.0. The lowest BCUT2D eigenvalue weighted by atomic mass is 10.1. The summed E-state index contributed by atoms with van der Waals surface area (Å²) >= 11 is 0. The van der Waals surface area contributed by atoms with Gasteiger partial charge in [0.05, 0.1) is 25.6 Å². The third-order valence-corrected chi connectivity index (χ3v) is 3.60. The molecule has 5 nitrogen and oxygen atoms in total. The van der Waals surface area contributed by atoms with Crippen LogP contribution in [0.2, 0.25) is 0 Å². The maximum Gasteiger partial charge on any atom is 0.242 e. The lowest BCUT2D eigenvalue weighted by molar-refractivity contribution is -0.134. The van der Waals surface area contributed by atoms with E-state index in [1.165, 1.54) is 12.1 Å². The molecule has 1 aliphatic heterocycles. The predicted molar refractivity (Wildman–Crippen MR) is 74.9 cm³/mol. The lowest BCUT2D eigenvalue weighted by Gasteiger charge is -2.23. The molecule has 1 atom stereocenters. The number of amides is 2. The van der Waals surface area contributed by atoms with Crippen LogP contribution in [0.3, 0.4) is 0 Å². The Balaban J connectivity index is 1.80. The first kappa shape index (κ1) is 15.4. The largest absolute Gasteiger partial charge is 0.394 e. The van der Waals surface area contributed by atoms with Gasteiger partial charge in [-0.1, -0.05) is 12.1 Å². The molecule has 0 aliphatic carbocycles. The van der Waals surface area contributed by atoms with E-state index in [-0.39, 0.29) is 43.2 Å². The van der Waals surface area contributed by atoms with Gasteiger partial charge in [0.25, 0.3) is 0 Å². The van der Waals surface area contributed by atoms with Crippen molar-refractivity contribution in [3.63, 3.8) is 0 Å². The molecule has 114 valence electrons. The molecule has 1 saturated heterocycles. The van der Waals surface area contributed by atoms with Crippen molar-refractivity contribution in [1.82, 2.24) is 10.2 Å². The van der Waals surface area contributed by atoms with Crippen molar-refractivity contribution in [1.29, 1.82) is 0 Å². The summed E-state index contributed by atoms with van der Waals surface area (Å²) in [4.78, 5) is 25.3. The number of benzene rings is 1. The molecule has 1 heterocycles. The number of hydrogen-bond donors (Lipinski definition) is 2. The Morgan fingerprint density at radius 1 is 1.43 bits per heavy atom. The summed E-state index contributed by atoms with van der Waals surface area (Å²) in [6.45, 7) is 0.470. The molecule has 2 amide bonds. The first-order valence-corrected chi connectivity index (χ1v) is 7.01. The number of aliphatic hydroxyl groups is 1. The van der Waals surface area contributed by atoms with Crippen molar-refractivity contribution < 1.29 is 19.1 Å². The van der Waals surface area contributed by atoms with Crippen LogP contribution in [0.4, 0.5) is 4.39 Å². The van der Waals surface area contributed by atoms with E-state index < -0.39 is 0 Å². The van der Waals surface area contributed by atoms with Gasteiger partial charge >= 0.3 is 0 Å². The van der Waals surface area contributed by atoms with E-state index in [4.69, 9.17) is 5.11 Å². The highest BCUT2D eigenvalue weighted by Gasteiger charge is 2.27. The van der Waals surface area contributed by atoms with Crippen LogP contribution < -0.4 is 5.32 Å². The van der Waals surface area contributed by atoms with Crippen molar-refractivity contribution >= 4 is 11.8 Å². The molecule has 21 heavy (non-hydrogen) atoms. The van der Waals surface area contributed by atoms with Crippen LogP contribution in [0.1, 0.15) is 18.4 Å². The minimum atomic E-state index is -0.390. The van der Waals surface area contributed by atoms with Crippen LogP contribution in [0, 0.1) is 5.82 Å². The maximum absolute atomic E-state index is 13.0. The van der Waals surface area contributed by atoms with Crippen LogP contribution in [-0.2, 0) is 16.0 Å². The monoisotopic (exact) mass is 294 g/mol. The number of aliphatic hydroxyl groups excluding tert-OH is 1. The highest BCUT2D eigenvalue weighted by molar-refractivity contribution is 5.86. The molecule has 1 aromatic carbocycles. The van der Waals surface area contributed by atoms with Gasteiger partial charge in [0, 0.05) is 6.54 Å². The van der Waals surface area contributed by atoms with Crippen LogP contribution >= 0.6 is 0 Å². The van der Waals surface area contributed by atoms with Gasteiger partial charge in [-0.3, -0.25) is 9.59 Å². The van der Waals surface area contributed by atoms with Gasteiger partial charge in [-0.05, 0) is 30.5 Å². The molecule has 1 aliphatic rings. The second-order valence-electron chi connectivity index (χ2n) is 5.15. The third-order valence-electron chi connectivity index (χ3n) is 3.60. The molecular formula is C15H19FN2O3. The number of halogens is 1. The van der Waals surface area contributed by atoms with E-state index in [0.29, 0.717) is 12.1 Å². The number of hydrogen-bond acceptors (Lipinski definition) is 3. The topological polar surface area (TPSA) is 69.6 Å². The van der Waals surface area contributed by atoms with E-state index in [9.17, 15) is 14.0 Å². The lowest BCUT2D eigenvalue weighted by Crippen LogP contribution is -2.44. The Hall–Kier alpha value is -1.95. The Kier molecular flexibility index (Phi) is 5.27. The fourth-order valence-corrected chi connectivity index (χ4v) is 2.52. The first-order valence-electron chi connectivity index (χ1n) is 7.01. The second-order valence-corrected chi connectivity index (χ2v) is 5.15. The molecule has 0 radical (unpaired) electrons. The normalized spacial score (nSPS) is 17.8. The van der Waals surface area contributed by atoms with E-state index in [1.54, 1.807) is 17.0 Å². The van der Waals surface area contributed by atoms with Crippen LogP contribution in [0.15, 0.2) is 24.3 Å². The SMILES string of the molecule is O=C(Cc1cccc(F)c1)NCC(=O)N1CCC[C@@H]1CO. The Morgan fingerprint density at radius 2 is 2.24 bits per heavy atom. The summed E-state index contributed by atoms with van der Waals surface area (Å²) in [6.07, 6.45) is 1.70. The number of nitrogens with one attached hydrogen (secondary N) is 1. The van der Waals surface area contributed by atoms with E-state index >= 15 is 0 Å². The molecule has 2 rings (SSSR count). The zero-order valence-electron chi connectivity index (χ0n) is 11.7. The number of nitrogens with zero attached hydrogens (tertiary/aromatic N) is 1. The molecule has 0 saturated carbocycles. The predicted octanol–water partition coefficient (Wildman–Crippen LogP) is 0.468. The van der Waals surface area contributed by atoms with Crippen molar-refractivity contribution in [3.05, 3.63) is 35.6 Å². The average Bonchev–Trinajstić information content (AvgIpc) is 2.93. The molecule has 6 heteroatoms. The Labute approximate surface area is 122 Å². The minimum absolute atomic E-state index is 0.0362. The second kappa shape index (κ2) is 7.17. The fourth-order valence-electron chi connectivity index (χ4n) is 2.52. The van der Waals surface area contributed by atoms with Gasteiger partial charge in [0.2, 0.25) is 11.8 Å². The van der Waals surface area contributed by atoms with Crippen molar-refractivity contribution in [2.75, 3.05) is 19.7 Å². The van der Waals surface area contributed by atoms with Crippen LogP contribution in [0.25, 0.3) is 0 Å². The van der Waals surface area contributed by atoms with E-state index in [2.05, 4.69) is 5.32 Å². The van der Waals surface area contributed by atoms with Crippen molar-refractivity contribution in [2.24, 2.45) is 0 Å². The highest BCUT2D eigenvalue weighted by Crippen LogP contribution is 2.16.